The van der Waals surface area contributed by atoms with Crippen molar-refractivity contribution >= 4 is 5.82 Å². The average Bonchev–Trinajstić information content (AvgIpc) is 2.41. The van der Waals surface area contributed by atoms with E-state index in [1.165, 1.54) is 31.2 Å². The minimum atomic E-state index is 0.436. The zero-order valence-corrected chi connectivity index (χ0v) is 13.9. The number of nitrogens with one attached hydrogen (secondary N) is 1. The molecule has 112 valence electrons. The molecule has 1 aliphatic rings. The van der Waals surface area contributed by atoms with E-state index in [0.29, 0.717) is 11.3 Å². The smallest absolute Gasteiger partial charge is 0.134 e. The number of hydrogen-bond donors (Lipinski definition) is 1. The molecule has 2 rings (SSSR count). The van der Waals surface area contributed by atoms with Gasteiger partial charge in [-0.3, -0.25) is 0 Å². The van der Waals surface area contributed by atoms with E-state index < -0.39 is 0 Å². The number of rotatable bonds is 2. The van der Waals surface area contributed by atoms with Crippen LogP contribution in [0.2, 0.25) is 0 Å². The van der Waals surface area contributed by atoms with E-state index >= 15 is 0 Å². The highest BCUT2D eigenvalue weighted by Gasteiger charge is 2.31. The Morgan fingerprint density at radius 2 is 1.60 bits per heavy atom. The molecule has 0 saturated heterocycles. The van der Waals surface area contributed by atoms with Crippen molar-refractivity contribution in [1.82, 2.24) is 9.97 Å². The highest BCUT2D eigenvalue weighted by molar-refractivity contribution is 5.45. The lowest BCUT2D eigenvalue weighted by Crippen LogP contribution is -2.26. The monoisotopic (exact) mass is 275 g/mol. The molecule has 3 nitrogen and oxygen atoms in total. The van der Waals surface area contributed by atoms with Gasteiger partial charge in [0.25, 0.3) is 0 Å². The third kappa shape index (κ3) is 3.13. The Balaban J connectivity index is 2.13. The van der Waals surface area contributed by atoms with E-state index in [2.05, 4.69) is 39.9 Å². The van der Waals surface area contributed by atoms with Crippen LogP contribution in [-0.4, -0.2) is 17.0 Å². The zero-order chi connectivity index (χ0) is 14.9. The Bertz CT molecular complexity index is 466. The molecule has 1 aromatic rings. The topological polar surface area (TPSA) is 37.8 Å². The van der Waals surface area contributed by atoms with E-state index in [4.69, 9.17) is 9.97 Å². The summed E-state index contributed by atoms with van der Waals surface area (Å²) >= 11 is 0. The maximum Gasteiger partial charge on any atom is 0.134 e. The van der Waals surface area contributed by atoms with E-state index in [1.54, 1.807) is 0 Å². The molecule has 0 spiro atoms. The van der Waals surface area contributed by atoms with Gasteiger partial charge in [-0.15, -0.1) is 0 Å². The highest BCUT2D eigenvalue weighted by atomic mass is 15.0. The van der Waals surface area contributed by atoms with Crippen LogP contribution in [0.4, 0.5) is 5.82 Å². The van der Waals surface area contributed by atoms with Gasteiger partial charge in [-0.2, -0.15) is 0 Å². The quantitative estimate of drug-likeness (QED) is 0.866. The van der Waals surface area contributed by atoms with Gasteiger partial charge >= 0.3 is 0 Å². The van der Waals surface area contributed by atoms with Crippen molar-refractivity contribution < 1.29 is 0 Å². The normalized spacial score (nSPS) is 23.7. The molecule has 1 aliphatic carbocycles. The first kappa shape index (κ1) is 15.3. The first-order valence-corrected chi connectivity index (χ1v) is 7.85. The molecule has 3 heteroatoms. The molecule has 0 radical (unpaired) electrons. The summed E-state index contributed by atoms with van der Waals surface area (Å²) in [6, 6.07) is 0. The fraction of sp³-hybridized carbons (Fsp3) is 0.765. The summed E-state index contributed by atoms with van der Waals surface area (Å²) in [5.41, 5.74) is 2.71. The first-order valence-electron chi connectivity index (χ1n) is 7.85. The largest absolute Gasteiger partial charge is 0.373 e. The molecule has 1 aromatic heterocycles. The summed E-state index contributed by atoms with van der Waals surface area (Å²) in [6.07, 6.45) is 5.07. The van der Waals surface area contributed by atoms with Gasteiger partial charge < -0.3 is 5.32 Å². The number of aryl methyl sites for hydroxylation is 1. The molecule has 0 aliphatic heterocycles. The van der Waals surface area contributed by atoms with Crippen LogP contribution in [0.5, 0.6) is 0 Å². The number of hydrogen-bond acceptors (Lipinski definition) is 3. The number of nitrogens with zero attached hydrogens (tertiary/aromatic N) is 2. The second-order valence-corrected chi connectivity index (χ2v) is 7.31. The molecule has 20 heavy (non-hydrogen) atoms. The summed E-state index contributed by atoms with van der Waals surface area (Å²) in [6.45, 7) is 11.3. The molecular weight excluding hydrogens is 246 g/mol. The van der Waals surface area contributed by atoms with Crippen molar-refractivity contribution in [2.75, 3.05) is 12.4 Å². The summed E-state index contributed by atoms with van der Waals surface area (Å²) < 4.78 is 0. The SMILES string of the molecule is CNc1nc(C2CCC(C(C)(C)C)CC2)nc(C)c1C. The fourth-order valence-electron chi connectivity index (χ4n) is 3.29. The zero-order valence-electron chi connectivity index (χ0n) is 13.9. The maximum atomic E-state index is 4.74. The van der Waals surface area contributed by atoms with E-state index in [0.717, 1.165) is 23.3 Å². The second kappa shape index (κ2) is 5.71. The van der Waals surface area contributed by atoms with Gasteiger partial charge in [0.15, 0.2) is 0 Å². The Hall–Kier alpha value is -1.12. The Labute approximate surface area is 123 Å². The lowest BCUT2D eigenvalue weighted by molar-refractivity contribution is 0.167. The van der Waals surface area contributed by atoms with Crippen molar-refractivity contribution in [3.8, 4) is 0 Å². The van der Waals surface area contributed by atoms with Crippen molar-refractivity contribution in [1.29, 1.82) is 0 Å². The van der Waals surface area contributed by atoms with Crippen LogP contribution in [0.15, 0.2) is 0 Å². The Kier molecular flexibility index (Phi) is 4.36. The average molecular weight is 275 g/mol. The van der Waals surface area contributed by atoms with Gasteiger partial charge in [0.1, 0.15) is 11.6 Å². The third-order valence-corrected chi connectivity index (χ3v) is 4.96. The highest BCUT2D eigenvalue weighted by Crippen LogP contribution is 2.42. The summed E-state index contributed by atoms with van der Waals surface area (Å²) in [7, 11) is 1.94. The Morgan fingerprint density at radius 3 is 2.10 bits per heavy atom. The lowest BCUT2D eigenvalue weighted by Gasteiger charge is -2.36. The van der Waals surface area contributed by atoms with Crippen LogP contribution in [0, 0.1) is 25.2 Å². The van der Waals surface area contributed by atoms with Crippen molar-refractivity contribution in [2.24, 2.45) is 11.3 Å². The number of anilines is 1. The van der Waals surface area contributed by atoms with Crippen LogP contribution in [-0.2, 0) is 0 Å². The predicted octanol–water partition coefficient (Wildman–Crippen LogP) is 4.46. The minimum Gasteiger partial charge on any atom is -0.373 e. The number of aromatic nitrogens is 2. The molecule has 0 amide bonds. The molecule has 0 unspecified atom stereocenters. The van der Waals surface area contributed by atoms with Gasteiger partial charge in [0, 0.05) is 24.2 Å². The molecular formula is C17H29N3. The first-order chi connectivity index (χ1) is 9.32. The molecule has 0 bridgehead atoms. The minimum absolute atomic E-state index is 0.436. The van der Waals surface area contributed by atoms with Crippen LogP contribution >= 0.6 is 0 Å². The summed E-state index contributed by atoms with van der Waals surface area (Å²) in [5.74, 6) is 3.42. The van der Waals surface area contributed by atoms with Crippen molar-refractivity contribution in [3.63, 3.8) is 0 Å². The van der Waals surface area contributed by atoms with Gasteiger partial charge in [-0.05, 0) is 50.9 Å². The summed E-state index contributed by atoms with van der Waals surface area (Å²) in [4.78, 5) is 9.48. The Morgan fingerprint density at radius 1 is 1.00 bits per heavy atom. The molecule has 1 fully saturated rings. The van der Waals surface area contributed by atoms with Gasteiger partial charge in [-0.25, -0.2) is 9.97 Å². The van der Waals surface area contributed by atoms with Crippen molar-refractivity contribution in [2.45, 2.75) is 66.2 Å². The maximum absolute atomic E-state index is 4.74. The predicted molar refractivity (Wildman–Crippen MR) is 85.2 cm³/mol. The van der Waals surface area contributed by atoms with Gasteiger partial charge in [0.2, 0.25) is 0 Å². The molecule has 1 N–H and O–H groups in total. The fourth-order valence-corrected chi connectivity index (χ4v) is 3.29. The van der Waals surface area contributed by atoms with E-state index in [-0.39, 0.29) is 0 Å². The van der Waals surface area contributed by atoms with Crippen LogP contribution in [0.3, 0.4) is 0 Å². The lowest BCUT2D eigenvalue weighted by atomic mass is 9.69. The van der Waals surface area contributed by atoms with Crippen LogP contribution < -0.4 is 5.32 Å². The second-order valence-electron chi connectivity index (χ2n) is 7.31. The van der Waals surface area contributed by atoms with Crippen LogP contribution in [0.25, 0.3) is 0 Å². The van der Waals surface area contributed by atoms with Crippen molar-refractivity contribution in [3.05, 3.63) is 17.1 Å². The van der Waals surface area contributed by atoms with Gasteiger partial charge in [-0.1, -0.05) is 20.8 Å². The van der Waals surface area contributed by atoms with E-state index in [1.807, 2.05) is 7.05 Å². The molecule has 0 aromatic carbocycles. The third-order valence-electron chi connectivity index (χ3n) is 4.96. The molecule has 1 heterocycles. The van der Waals surface area contributed by atoms with Crippen LogP contribution in [0.1, 0.15) is 69.5 Å². The molecule has 1 saturated carbocycles. The summed E-state index contributed by atoms with van der Waals surface area (Å²) in [5, 5.41) is 3.20. The standard InChI is InChI=1S/C17H29N3/c1-11-12(2)19-16(20-15(11)18-6)13-7-9-14(10-8-13)17(3,4)5/h13-14H,7-10H2,1-6H3,(H,18,19,20). The van der Waals surface area contributed by atoms with E-state index in [9.17, 15) is 0 Å². The van der Waals surface area contributed by atoms with Gasteiger partial charge in [0.05, 0.1) is 0 Å². The molecule has 0 atom stereocenters.